The number of hydrogen-bond acceptors (Lipinski definition) is 5. The lowest BCUT2D eigenvalue weighted by molar-refractivity contribution is 0.239. The molecule has 6 nitrogen and oxygen atoms in total. The largest absolute Gasteiger partial charge is 0.361 e. The highest BCUT2D eigenvalue weighted by Gasteiger charge is 2.29. The monoisotopic (exact) mass is 300 g/mol. The minimum Gasteiger partial charge on any atom is -0.361 e. The van der Waals surface area contributed by atoms with Gasteiger partial charge in [-0.05, 0) is 26.7 Å². The Balaban J connectivity index is 1.58. The van der Waals surface area contributed by atoms with Crippen LogP contribution in [0, 0.1) is 13.8 Å². The molecule has 1 aliphatic carbocycles. The van der Waals surface area contributed by atoms with Gasteiger partial charge >= 0.3 is 0 Å². The standard InChI is InChI=1S/C16H20N4O2/c1-9-12(10(2)22-19-9)7-20-6-5-14-13(8-20)16(21)18-15(17-14)11-3-4-11/h11H,3-8H2,1-2H3,(H,17,18,21). The minimum absolute atomic E-state index is 0.0374. The van der Waals surface area contributed by atoms with Crippen molar-refractivity contribution < 1.29 is 4.52 Å². The summed E-state index contributed by atoms with van der Waals surface area (Å²) >= 11 is 0. The van der Waals surface area contributed by atoms with Gasteiger partial charge in [0.15, 0.2) is 0 Å². The minimum atomic E-state index is 0.0374. The number of fused-ring (bicyclic) bond motifs is 1. The topological polar surface area (TPSA) is 75.0 Å². The Morgan fingerprint density at radius 2 is 2.18 bits per heavy atom. The second-order valence-corrected chi connectivity index (χ2v) is 6.41. The molecule has 0 amide bonds. The summed E-state index contributed by atoms with van der Waals surface area (Å²) in [6, 6.07) is 0. The van der Waals surface area contributed by atoms with E-state index in [1.165, 1.54) is 0 Å². The second-order valence-electron chi connectivity index (χ2n) is 6.41. The van der Waals surface area contributed by atoms with Crippen LogP contribution in [0.15, 0.2) is 9.32 Å². The number of nitrogens with one attached hydrogen (secondary N) is 1. The van der Waals surface area contributed by atoms with Crippen molar-refractivity contribution in [2.45, 2.75) is 52.1 Å². The van der Waals surface area contributed by atoms with Gasteiger partial charge in [0.25, 0.3) is 5.56 Å². The van der Waals surface area contributed by atoms with Crippen LogP contribution in [-0.2, 0) is 19.5 Å². The first-order valence-corrected chi connectivity index (χ1v) is 7.88. The summed E-state index contributed by atoms with van der Waals surface area (Å²) in [7, 11) is 0. The SMILES string of the molecule is Cc1noc(C)c1CN1CCc2nc(C3CC3)[nH]c(=O)c2C1. The fourth-order valence-corrected chi connectivity index (χ4v) is 3.14. The number of aromatic nitrogens is 3. The normalized spacial score (nSPS) is 18.5. The van der Waals surface area contributed by atoms with Crippen molar-refractivity contribution in [2.24, 2.45) is 0 Å². The number of H-pyrrole nitrogens is 1. The van der Waals surface area contributed by atoms with Crippen LogP contribution >= 0.6 is 0 Å². The highest BCUT2D eigenvalue weighted by Crippen LogP contribution is 2.37. The summed E-state index contributed by atoms with van der Waals surface area (Å²) in [6.07, 6.45) is 3.14. The predicted octanol–water partition coefficient (Wildman–Crippen LogP) is 1.81. The van der Waals surface area contributed by atoms with E-state index in [0.717, 1.165) is 66.5 Å². The van der Waals surface area contributed by atoms with Crippen molar-refractivity contribution in [1.29, 1.82) is 0 Å². The van der Waals surface area contributed by atoms with Gasteiger partial charge in [-0.2, -0.15) is 0 Å². The zero-order chi connectivity index (χ0) is 15.3. The number of aryl methyl sites for hydroxylation is 2. The second kappa shape index (κ2) is 5.05. The van der Waals surface area contributed by atoms with E-state index in [0.29, 0.717) is 12.5 Å². The van der Waals surface area contributed by atoms with E-state index in [2.05, 4.69) is 20.0 Å². The first-order valence-electron chi connectivity index (χ1n) is 7.88. The molecule has 3 heterocycles. The molecule has 116 valence electrons. The summed E-state index contributed by atoms with van der Waals surface area (Å²) in [6.45, 7) is 6.22. The number of hydrogen-bond donors (Lipinski definition) is 1. The summed E-state index contributed by atoms with van der Waals surface area (Å²) in [4.78, 5) is 22.3. The van der Waals surface area contributed by atoms with Gasteiger partial charge in [0, 0.05) is 37.5 Å². The third-order valence-corrected chi connectivity index (χ3v) is 4.69. The van der Waals surface area contributed by atoms with Crippen molar-refractivity contribution in [3.8, 4) is 0 Å². The third kappa shape index (κ3) is 2.37. The molecule has 0 bridgehead atoms. The molecule has 4 rings (SSSR count). The summed E-state index contributed by atoms with van der Waals surface area (Å²) in [5.74, 6) is 2.24. The van der Waals surface area contributed by atoms with Crippen LogP contribution < -0.4 is 5.56 Å². The summed E-state index contributed by atoms with van der Waals surface area (Å²) in [5.41, 5.74) is 3.90. The molecule has 2 aromatic heterocycles. The fourth-order valence-electron chi connectivity index (χ4n) is 3.14. The molecule has 1 aliphatic heterocycles. The first-order chi connectivity index (χ1) is 10.6. The molecule has 1 saturated carbocycles. The molecule has 0 radical (unpaired) electrons. The number of rotatable bonds is 3. The highest BCUT2D eigenvalue weighted by molar-refractivity contribution is 5.25. The maximum atomic E-state index is 12.3. The van der Waals surface area contributed by atoms with E-state index in [-0.39, 0.29) is 5.56 Å². The average Bonchev–Trinajstić information content (AvgIpc) is 3.30. The van der Waals surface area contributed by atoms with Crippen molar-refractivity contribution in [2.75, 3.05) is 6.54 Å². The molecule has 0 saturated heterocycles. The molecule has 0 atom stereocenters. The molecule has 1 fully saturated rings. The zero-order valence-corrected chi connectivity index (χ0v) is 13.0. The molecular formula is C16H20N4O2. The number of aromatic amines is 1. The van der Waals surface area contributed by atoms with Crippen molar-refractivity contribution >= 4 is 0 Å². The van der Waals surface area contributed by atoms with Crippen LogP contribution in [0.2, 0.25) is 0 Å². The molecule has 0 aromatic carbocycles. The Kier molecular flexibility index (Phi) is 3.14. The third-order valence-electron chi connectivity index (χ3n) is 4.69. The van der Waals surface area contributed by atoms with Gasteiger partial charge in [-0.1, -0.05) is 5.16 Å². The van der Waals surface area contributed by atoms with E-state index >= 15 is 0 Å². The molecule has 2 aliphatic rings. The molecular weight excluding hydrogens is 280 g/mol. The lowest BCUT2D eigenvalue weighted by Crippen LogP contribution is -2.36. The predicted molar refractivity (Wildman–Crippen MR) is 80.6 cm³/mol. The van der Waals surface area contributed by atoms with E-state index in [4.69, 9.17) is 4.52 Å². The Morgan fingerprint density at radius 3 is 2.86 bits per heavy atom. The van der Waals surface area contributed by atoms with Crippen LogP contribution in [0.1, 0.15) is 52.9 Å². The van der Waals surface area contributed by atoms with E-state index in [1.54, 1.807) is 0 Å². The summed E-state index contributed by atoms with van der Waals surface area (Å²) in [5, 5.41) is 4.00. The smallest absolute Gasteiger partial charge is 0.255 e. The maximum Gasteiger partial charge on any atom is 0.255 e. The van der Waals surface area contributed by atoms with Gasteiger partial charge in [0.1, 0.15) is 11.6 Å². The quantitative estimate of drug-likeness (QED) is 0.935. The van der Waals surface area contributed by atoms with Gasteiger partial charge in [-0.15, -0.1) is 0 Å². The summed E-state index contributed by atoms with van der Waals surface area (Å²) < 4.78 is 5.22. The van der Waals surface area contributed by atoms with E-state index in [9.17, 15) is 4.79 Å². The van der Waals surface area contributed by atoms with Crippen LogP contribution in [0.5, 0.6) is 0 Å². The highest BCUT2D eigenvalue weighted by atomic mass is 16.5. The van der Waals surface area contributed by atoms with E-state index < -0.39 is 0 Å². The van der Waals surface area contributed by atoms with Gasteiger partial charge in [-0.3, -0.25) is 9.69 Å². The Bertz CT molecular complexity index is 753. The lowest BCUT2D eigenvalue weighted by Gasteiger charge is -2.27. The molecule has 0 unspecified atom stereocenters. The Hall–Kier alpha value is -1.95. The van der Waals surface area contributed by atoms with Crippen molar-refractivity contribution in [1.82, 2.24) is 20.0 Å². The lowest BCUT2D eigenvalue weighted by atomic mass is 10.1. The van der Waals surface area contributed by atoms with Gasteiger partial charge in [-0.25, -0.2) is 4.98 Å². The van der Waals surface area contributed by atoms with Crippen molar-refractivity contribution in [3.63, 3.8) is 0 Å². The van der Waals surface area contributed by atoms with Gasteiger partial charge in [0.05, 0.1) is 17.0 Å². The maximum absolute atomic E-state index is 12.3. The Morgan fingerprint density at radius 1 is 1.36 bits per heavy atom. The van der Waals surface area contributed by atoms with Gasteiger partial charge in [0.2, 0.25) is 0 Å². The molecule has 22 heavy (non-hydrogen) atoms. The van der Waals surface area contributed by atoms with Crippen LogP contribution in [-0.4, -0.2) is 26.6 Å². The van der Waals surface area contributed by atoms with Crippen LogP contribution in [0.25, 0.3) is 0 Å². The number of nitrogens with zero attached hydrogens (tertiary/aromatic N) is 3. The first kappa shape index (κ1) is 13.7. The molecule has 1 N–H and O–H groups in total. The average molecular weight is 300 g/mol. The fraction of sp³-hybridized carbons (Fsp3) is 0.562. The Labute approximate surface area is 128 Å². The van der Waals surface area contributed by atoms with E-state index in [1.807, 2.05) is 13.8 Å². The molecule has 0 spiro atoms. The zero-order valence-electron chi connectivity index (χ0n) is 13.0. The molecule has 2 aromatic rings. The van der Waals surface area contributed by atoms with Crippen LogP contribution in [0.3, 0.4) is 0 Å². The van der Waals surface area contributed by atoms with Gasteiger partial charge < -0.3 is 9.51 Å². The molecule has 6 heteroatoms. The van der Waals surface area contributed by atoms with Crippen LogP contribution in [0.4, 0.5) is 0 Å². The van der Waals surface area contributed by atoms with Crippen molar-refractivity contribution in [3.05, 3.63) is 44.5 Å².